The smallest absolute Gasteiger partial charge is 0.306 e. The average molecular weight is 318 g/mol. The molecule has 0 spiro atoms. The molecule has 0 aliphatic heterocycles. The number of aryl methyl sites for hydroxylation is 3. The molecule has 0 aliphatic carbocycles. The van der Waals surface area contributed by atoms with Gasteiger partial charge in [0.15, 0.2) is 11.6 Å². The van der Waals surface area contributed by atoms with Crippen molar-refractivity contribution in [2.75, 3.05) is 6.61 Å². The highest BCUT2D eigenvalue weighted by atomic mass is 19.2. The van der Waals surface area contributed by atoms with Gasteiger partial charge in [0.1, 0.15) is 0 Å². The second-order valence-electron chi connectivity index (χ2n) is 5.50. The normalized spacial score (nSPS) is 10.7. The predicted molar refractivity (Wildman–Crippen MR) is 86.2 cm³/mol. The van der Waals surface area contributed by atoms with E-state index in [1.807, 2.05) is 32.0 Å². The summed E-state index contributed by atoms with van der Waals surface area (Å²) in [5.74, 6) is -2.21. The van der Waals surface area contributed by atoms with E-state index in [0.717, 1.165) is 16.7 Å². The Morgan fingerprint density at radius 2 is 1.78 bits per heavy atom. The van der Waals surface area contributed by atoms with E-state index < -0.39 is 17.6 Å². The zero-order valence-electron chi connectivity index (χ0n) is 13.6. The van der Waals surface area contributed by atoms with Crippen LogP contribution in [0, 0.1) is 25.5 Å². The van der Waals surface area contributed by atoms with Crippen molar-refractivity contribution in [3.63, 3.8) is 0 Å². The number of hydrogen-bond acceptors (Lipinski definition) is 2. The summed E-state index contributed by atoms with van der Waals surface area (Å²) < 4.78 is 32.8. The minimum absolute atomic E-state index is 0.0282. The van der Waals surface area contributed by atoms with Crippen LogP contribution in [0.25, 0.3) is 11.1 Å². The average Bonchev–Trinajstić information content (AvgIpc) is 2.49. The molecule has 122 valence electrons. The molecule has 2 nitrogen and oxygen atoms in total. The first-order chi connectivity index (χ1) is 10.9. The van der Waals surface area contributed by atoms with E-state index in [4.69, 9.17) is 4.74 Å². The molecule has 0 amide bonds. The Morgan fingerprint density at radius 3 is 2.39 bits per heavy atom. The van der Waals surface area contributed by atoms with Gasteiger partial charge in [-0.25, -0.2) is 8.78 Å². The highest BCUT2D eigenvalue weighted by Crippen LogP contribution is 2.30. The van der Waals surface area contributed by atoms with Gasteiger partial charge < -0.3 is 4.74 Å². The molecule has 0 aromatic heterocycles. The molecule has 0 saturated carbocycles. The summed E-state index contributed by atoms with van der Waals surface area (Å²) in [5.41, 5.74) is 3.69. The van der Waals surface area contributed by atoms with Gasteiger partial charge in [0.05, 0.1) is 6.61 Å². The molecule has 4 heteroatoms. The summed E-state index contributed by atoms with van der Waals surface area (Å²) in [6, 6.07) is 8.62. The zero-order valence-corrected chi connectivity index (χ0v) is 13.6. The van der Waals surface area contributed by atoms with Crippen LogP contribution in [0.5, 0.6) is 0 Å². The molecule has 0 heterocycles. The Morgan fingerprint density at radius 1 is 1.13 bits per heavy atom. The molecule has 0 N–H and O–H groups in total. The van der Waals surface area contributed by atoms with Crippen LogP contribution in [0.15, 0.2) is 30.3 Å². The fourth-order valence-corrected chi connectivity index (χ4v) is 2.71. The highest BCUT2D eigenvalue weighted by Gasteiger charge is 2.15. The molecule has 2 aromatic carbocycles. The minimum Gasteiger partial charge on any atom is -0.466 e. The summed E-state index contributed by atoms with van der Waals surface area (Å²) in [4.78, 5) is 11.4. The van der Waals surface area contributed by atoms with Crippen LogP contribution < -0.4 is 0 Å². The van der Waals surface area contributed by atoms with Crippen molar-refractivity contribution < 1.29 is 18.3 Å². The zero-order chi connectivity index (χ0) is 17.0. The first-order valence-corrected chi connectivity index (χ1v) is 7.64. The van der Waals surface area contributed by atoms with E-state index in [9.17, 15) is 13.6 Å². The molecule has 2 aromatic rings. The Bertz CT molecular complexity index is 703. The van der Waals surface area contributed by atoms with Crippen molar-refractivity contribution in [1.29, 1.82) is 0 Å². The first-order valence-electron chi connectivity index (χ1n) is 7.64. The van der Waals surface area contributed by atoms with Gasteiger partial charge in [-0.15, -0.1) is 0 Å². The second-order valence-corrected chi connectivity index (χ2v) is 5.50. The van der Waals surface area contributed by atoms with Crippen LogP contribution >= 0.6 is 0 Å². The number of ether oxygens (including phenoxy) is 1. The van der Waals surface area contributed by atoms with Crippen molar-refractivity contribution in [2.45, 2.75) is 33.6 Å². The Kier molecular flexibility index (Phi) is 5.48. The molecule has 0 fully saturated rings. The molecule has 0 unspecified atom stereocenters. The van der Waals surface area contributed by atoms with Crippen LogP contribution in [0.3, 0.4) is 0 Å². The lowest BCUT2D eigenvalue weighted by Crippen LogP contribution is -2.07. The van der Waals surface area contributed by atoms with Crippen molar-refractivity contribution in [2.24, 2.45) is 0 Å². The minimum atomic E-state index is -0.899. The maximum absolute atomic E-state index is 14.0. The van der Waals surface area contributed by atoms with Gasteiger partial charge in [0.25, 0.3) is 0 Å². The van der Waals surface area contributed by atoms with Crippen molar-refractivity contribution in [3.05, 3.63) is 58.7 Å². The second kappa shape index (κ2) is 7.36. The van der Waals surface area contributed by atoms with Crippen LogP contribution in [0.1, 0.15) is 30.0 Å². The van der Waals surface area contributed by atoms with Crippen LogP contribution in [-0.2, 0) is 16.0 Å². The van der Waals surface area contributed by atoms with Crippen molar-refractivity contribution in [1.82, 2.24) is 0 Å². The summed E-state index contributed by atoms with van der Waals surface area (Å²) in [6.45, 7) is 5.85. The monoisotopic (exact) mass is 318 g/mol. The maximum atomic E-state index is 14.0. The number of carbonyl (C=O) groups excluding carboxylic acids is 1. The van der Waals surface area contributed by atoms with Gasteiger partial charge in [-0.05, 0) is 67.1 Å². The number of halogens is 2. The number of hydrogen-bond donors (Lipinski definition) is 0. The SMILES string of the molecule is CCOC(=O)CCc1cc(-c2c(C)cccc2C)cc(F)c1F. The van der Waals surface area contributed by atoms with Gasteiger partial charge in [0, 0.05) is 6.42 Å². The van der Waals surface area contributed by atoms with Crippen molar-refractivity contribution in [3.8, 4) is 11.1 Å². The lowest BCUT2D eigenvalue weighted by Gasteiger charge is -2.13. The van der Waals surface area contributed by atoms with E-state index in [0.29, 0.717) is 5.56 Å². The largest absolute Gasteiger partial charge is 0.466 e. The molecular formula is C19H20F2O2. The summed E-state index contributed by atoms with van der Waals surface area (Å²) >= 11 is 0. The number of benzene rings is 2. The molecule has 0 bridgehead atoms. The Hall–Kier alpha value is -2.23. The van der Waals surface area contributed by atoms with E-state index >= 15 is 0 Å². The van der Waals surface area contributed by atoms with Gasteiger partial charge in [0.2, 0.25) is 0 Å². The van der Waals surface area contributed by atoms with Gasteiger partial charge >= 0.3 is 5.97 Å². The summed E-state index contributed by atoms with van der Waals surface area (Å²) in [7, 11) is 0. The fraction of sp³-hybridized carbons (Fsp3) is 0.316. The third-order valence-corrected chi connectivity index (χ3v) is 3.78. The molecular weight excluding hydrogens is 298 g/mol. The third kappa shape index (κ3) is 3.95. The van der Waals surface area contributed by atoms with Gasteiger partial charge in [-0.1, -0.05) is 18.2 Å². The van der Waals surface area contributed by atoms with Crippen LogP contribution in [0.2, 0.25) is 0 Å². The predicted octanol–water partition coefficient (Wildman–Crippen LogP) is 4.74. The van der Waals surface area contributed by atoms with E-state index in [1.165, 1.54) is 6.07 Å². The Balaban J connectivity index is 2.38. The Labute approximate surface area is 135 Å². The molecule has 0 saturated heterocycles. The van der Waals surface area contributed by atoms with Gasteiger partial charge in [-0.2, -0.15) is 0 Å². The van der Waals surface area contributed by atoms with E-state index in [-0.39, 0.29) is 25.0 Å². The van der Waals surface area contributed by atoms with Crippen LogP contribution in [-0.4, -0.2) is 12.6 Å². The van der Waals surface area contributed by atoms with Gasteiger partial charge in [-0.3, -0.25) is 4.79 Å². The highest BCUT2D eigenvalue weighted by molar-refractivity contribution is 5.72. The molecule has 0 aliphatic rings. The number of rotatable bonds is 5. The fourth-order valence-electron chi connectivity index (χ4n) is 2.71. The summed E-state index contributed by atoms with van der Waals surface area (Å²) in [5, 5.41) is 0. The lowest BCUT2D eigenvalue weighted by atomic mass is 9.93. The van der Waals surface area contributed by atoms with E-state index in [1.54, 1.807) is 13.0 Å². The van der Waals surface area contributed by atoms with Crippen molar-refractivity contribution >= 4 is 5.97 Å². The maximum Gasteiger partial charge on any atom is 0.306 e. The first kappa shape index (κ1) is 17.1. The topological polar surface area (TPSA) is 26.3 Å². The quantitative estimate of drug-likeness (QED) is 0.744. The number of esters is 1. The number of carbonyl (C=O) groups is 1. The standard InChI is InChI=1S/C19H20F2O2/c1-4-23-17(22)9-8-14-10-15(11-16(20)19(14)21)18-12(2)6-5-7-13(18)3/h5-7,10-11H,4,8-9H2,1-3H3. The lowest BCUT2D eigenvalue weighted by molar-refractivity contribution is -0.143. The molecule has 0 atom stereocenters. The van der Waals surface area contributed by atoms with Crippen LogP contribution in [0.4, 0.5) is 8.78 Å². The molecule has 23 heavy (non-hydrogen) atoms. The third-order valence-electron chi connectivity index (χ3n) is 3.78. The summed E-state index contributed by atoms with van der Waals surface area (Å²) in [6.07, 6.45) is 0.140. The van der Waals surface area contributed by atoms with E-state index in [2.05, 4.69) is 0 Å². The molecule has 2 rings (SSSR count). The molecule has 0 radical (unpaired) electrons.